The Morgan fingerprint density at radius 2 is 1.45 bits per heavy atom. The van der Waals surface area contributed by atoms with Crippen LogP contribution in [0.15, 0.2) is 54.6 Å². The molecule has 2 aromatic rings. The van der Waals surface area contributed by atoms with E-state index in [-0.39, 0.29) is 18.3 Å². The molecular weight excluding hydrogens is 648 g/mol. The first-order valence-corrected chi connectivity index (χ1v) is 13.5. The monoisotopic (exact) mass is 683 g/mol. The number of unbranched alkanes of at least 4 members (excludes halogenated alkanes) is 1. The normalized spacial score (nSPS) is 11.3. The van der Waals surface area contributed by atoms with Crippen LogP contribution in [0, 0.1) is 5.41 Å². The van der Waals surface area contributed by atoms with Crippen molar-refractivity contribution >= 4 is 29.8 Å². The summed E-state index contributed by atoms with van der Waals surface area (Å²) in [5, 5.41) is 27.2. The number of carbonyl (C=O) groups excluding carboxylic acids is 2. The Morgan fingerprint density at radius 1 is 0.872 bits per heavy atom. The molecule has 0 spiro atoms. The number of nitrogen functional groups attached to an aromatic ring is 1. The van der Waals surface area contributed by atoms with Crippen molar-refractivity contribution in [3.8, 4) is 5.75 Å². The number of alkyl carbamates (subject to hydrolysis) is 1. The average molecular weight is 684 g/mol. The molecule has 262 valence electrons. The van der Waals surface area contributed by atoms with E-state index < -0.39 is 36.4 Å². The molecule has 2 aromatic carbocycles. The van der Waals surface area contributed by atoms with Crippen LogP contribution in [0.3, 0.4) is 0 Å². The number of alkyl halides is 6. The highest BCUT2D eigenvalue weighted by Gasteiger charge is 2.38. The summed E-state index contributed by atoms with van der Waals surface area (Å²) in [6, 6.07) is 15.6. The minimum atomic E-state index is -5.08. The zero-order chi connectivity index (χ0) is 36.0. The van der Waals surface area contributed by atoms with Crippen molar-refractivity contribution in [2.45, 2.75) is 50.7 Å². The van der Waals surface area contributed by atoms with E-state index in [2.05, 4.69) is 10.6 Å². The first-order valence-electron chi connectivity index (χ1n) is 13.5. The van der Waals surface area contributed by atoms with Gasteiger partial charge in [-0.1, -0.05) is 42.5 Å². The van der Waals surface area contributed by atoms with Gasteiger partial charge >= 0.3 is 30.4 Å². The molecule has 0 bridgehead atoms. The minimum Gasteiger partial charge on any atom is -0.494 e. The highest BCUT2D eigenvalue weighted by Crippen LogP contribution is 2.14. The molecule has 0 heterocycles. The molecular formula is C28H35F6N5O8. The predicted molar refractivity (Wildman–Crippen MR) is 154 cm³/mol. The lowest BCUT2D eigenvalue weighted by Gasteiger charge is -2.18. The molecule has 47 heavy (non-hydrogen) atoms. The molecule has 2 amide bonds. The quantitative estimate of drug-likeness (QED) is 0.0663. The van der Waals surface area contributed by atoms with Gasteiger partial charge in [-0.25, -0.2) is 14.4 Å². The summed E-state index contributed by atoms with van der Waals surface area (Å²) in [4.78, 5) is 42.6. The third-order valence-corrected chi connectivity index (χ3v) is 5.29. The Morgan fingerprint density at radius 3 is 1.96 bits per heavy atom. The first kappa shape index (κ1) is 41.9. The standard InChI is InChI=1S/C24H33N5O4.2C2HF3O2/c25-13-5-4-12-21(29-24(31)33-17-18-8-2-1-3-9-18)23(30)28-14-7-15-32-20-11-6-10-19(16-20)22(26)27;2*3-2(4,5)1(6)7/h1-3,6,8-11,16,21H,4-5,7,12-15,17,25H2,(H3,26,27)(H,28,30)(H,29,31);2*(H,6,7)/t21-;;/m0../s1. The van der Waals surface area contributed by atoms with Crippen LogP contribution in [0.1, 0.15) is 36.8 Å². The molecule has 0 radical (unpaired) electrons. The summed E-state index contributed by atoms with van der Waals surface area (Å²) in [5.41, 5.74) is 12.5. The van der Waals surface area contributed by atoms with Gasteiger partial charge in [0.1, 0.15) is 24.2 Å². The van der Waals surface area contributed by atoms with Crippen molar-refractivity contribution in [1.82, 2.24) is 10.6 Å². The molecule has 13 nitrogen and oxygen atoms in total. The Bertz CT molecular complexity index is 1260. The molecule has 0 saturated carbocycles. The number of carbonyl (C=O) groups is 4. The van der Waals surface area contributed by atoms with Crippen molar-refractivity contribution < 1.29 is 65.2 Å². The summed E-state index contributed by atoms with van der Waals surface area (Å²) in [7, 11) is 0. The van der Waals surface area contributed by atoms with Crippen molar-refractivity contribution in [1.29, 1.82) is 5.41 Å². The van der Waals surface area contributed by atoms with E-state index >= 15 is 0 Å². The molecule has 0 unspecified atom stereocenters. The Hall–Kier alpha value is -5.07. The number of carboxylic acids is 2. The van der Waals surface area contributed by atoms with Gasteiger partial charge in [-0.15, -0.1) is 0 Å². The maximum Gasteiger partial charge on any atom is 0.490 e. The number of benzene rings is 2. The summed E-state index contributed by atoms with van der Waals surface area (Å²) < 4.78 is 74.4. The van der Waals surface area contributed by atoms with Gasteiger partial charge in [0.15, 0.2) is 0 Å². The van der Waals surface area contributed by atoms with Crippen LogP contribution in [-0.4, -0.2) is 78.1 Å². The Labute approximate surface area is 264 Å². The average Bonchev–Trinajstić information content (AvgIpc) is 2.99. The topological polar surface area (TPSA) is 227 Å². The number of hydrogen-bond donors (Lipinski definition) is 7. The number of nitrogens with two attached hydrogens (primary N) is 2. The van der Waals surface area contributed by atoms with Crippen LogP contribution < -0.4 is 26.8 Å². The highest BCUT2D eigenvalue weighted by atomic mass is 19.4. The number of amides is 2. The molecule has 0 aliphatic heterocycles. The lowest BCUT2D eigenvalue weighted by molar-refractivity contribution is -0.193. The molecule has 0 fully saturated rings. The van der Waals surface area contributed by atoms with Crippen molar-refractivity contribution in [3.05, 3.63) is 65.7 Å². The van der Waals surface area contributed by atoms with Crippen molar-refractivity contribution in [2.75, 3.05) is 19.7 Å². The smallest absolute Gasteiger partial charge is 0.490 e. The van der Waals surface area contributed by atoms with E-state index in [0.717, 1.165) is 12.0 Å². The third-order valence-electron chi connectivity index (χ3n) is 5.29. The third kappa shape index (κ3) is 20.6. The van der Waals surface area contributed by atoms with Gasteiger partial charge in [0.2, 0.25) is 5.91 Å². The second-order valence-electron chi connectivity index (χ2n) is 9.08. The van der Waals surface area contributed by atoms with Gasteiger partial charge in [0.05, 0.1) is 6.61 Å². The first-order chi connectivity index (χ1) is 21.9. The Kier molecular flexibility index (Phi) is 19.3. The van der Waals surface area contributed by atoms with Crippen LogP contribution in [0.5, 0.6) is 5.75 Å². The number of amidine groups is 1. The fourth-order valence-corrected chi connectivity index (χ4v) is 3.02. The largest absolute Gasteiger partial charge is 0.494 e. The van der Waals surface area contributed by atoms with Crippen LogP contribution in [0.25, 0.3) is 0 Å². The van der Waals surface area contributed by atoms with Gasteiger partial charge in [0.25, 0.3) is 0 Å². The van der Waals surface area contributed by atoms with E-state index in [4.69, 9.17) is 46.2 Å². The zero-order valence-electron chi connectivity index (χ0n) is 24.7. The SMILES string of the molecule is N=C(N)c1cccc(OCCCNC(=O)[C@H](CCCCN)NC(=O)OCc2ccccc2)c1.O=C(O)C(F)(F)F.O=C(O)C(F)(F)F. The van der Waals surface area contributed by atoms with Crippen molar-refractivity contribution in [3.63, 3.8) is 0 Å². The van der Waals surface area contributed by atoms with Gasteiger partial charge in [-0.2, -0.15) is 26.3 Å². The summed E-state index contributed by atoms with van der Waals surface area (Å²) in [5.74, 6) is -5.21. The molecule has 0 aliphatic carbocycles. The number of halogens is 6. The maximum absolute atomic E-state index is 12.6. The minimum absolute atomic E-state index is 0.0248. The van der Waals surface area contributed by atoms with Crippen molar-refractivity contribution in [2.24, 2.45) is 11.5 Å². The molecule has 0 aromatic heterocycles. The number of carboxylic acid groups (broad SMARTS) is 2. The molecule has 9 N–H and O–H groups in total. The fraction of sp³-hybridized carbons (Fsp3) is 0.393. The molecule has 19 heteroatoms. The lowest BCUT2D eigenvalue weighted by atomic mass is 10.1. The highest BCUT2D eigenvalue weighted by molar-refractivity contribution is 5.95. The molecule has 2 rings (SSSR count). The number of hydrogen-bond acceptors (Lipinski definition) is 8. The van der Waals surface area contributed by atoms with Gasteiger partial charge in [0, 0.05) is 12.1 Å². The van der Waals surface area contributed by atoms with E-state index in [0.29, 0.717) is 50.3 Å². The molecule has 0 saturated heterocycles. The number of ether oxygens (including phenoxy) is 2. The molecule has 0 aliphatic rings. The summed E-state index contributed by atoms with van der Waals surface area (Å²) in [6.07, 6.45) is -8.29. The Balaban J connectivity index is 0.00000126. The van der Waals surface area contributed by atoms with E-state index in [1.54, 1.807) is 24.3 Å². The van der Waals surface area contributed by atoms with Crippen LogP contribution in [-0.2, 0) is 25.7 Å². The summed E-state index contributed by atoms with van der Waals surface area (Å²) >= 11 is 0. The van der Waals surface area contributed by atoms with Gasteiger partial charge in [-0.3, -0.25) is 10.2 Å². The maximum atomic E-state index is 12.6. The number of rotatable bonds is 14. The fourth-order valence-electron chi connectivity index (χ4n) is 3.02. The van der Waals surface area contributed by atoms with Crippen LogP contribution >= 0.6 is 0 Å². The van der Waals surface area contributed by atoms with Gasteiger partial charge in [-0.05, 0) is 49.9 Å². The number of aliphatic carboxylic acids is 2. The lowest BCUT2D eigenvalue weighted by Crippen LogP contribution is -2.47. The van der Waals surface area contributed by atoms with Crippen LogP contribution in [0.2, 0.25) is 0 Å². The van der Waals surface area contributed by atoms with Crippen LogP contribution in [0.4, 0.5) is 31.1 Å². The second-order valence-corrected chi connectivity index (χ2v) is 9.08. The zero-order valence-corrected chi connectivity index (χ0v) is 24.7. The van der Waals surface area contributed by atoms with Gasteiger partial charge < -0.3 is 41.8 Å². The summed E-state index contributed by atoms with van der Waals surface area (Å²) in [6.45, 7) is 1.42. The molecule has 1 atom stereocenters. The predicted octanol–water partition coefficient (Wildman–Crippen LogP) is 3.55. The van der Waals surface area contributed by atoms with E-state index in [1.165, 1.54) is 0 Å². The van der Waals surface area contributed by atoms with E-state index in [1.807, 2.05) is 30.3 Å². The second kappa shape index (κ2) is 21.6. The number of nitrogens with one attached hydrogen (secondary N) is 3. The van der Waals surface area contributed by atoms with E-state index in [9.17, 15) is 35.9 Å².